The van der Waals surface area contributed by atoms with Gasteiger partial charge in [-0.25, -0.2) is 0 Å². The van der Waals surface area contributed by atoms with Gasteiger partial charge in [-0.05, 0) is 23.8 Å². The number of benzene rings is 2. The maximum atomic E-state index is 13.4. The largest absolute Gasteiger partial charge is 0.494 e. The zero-order valence-corrected chi connectivity index (χ0v) is 16.7. The molecule has 27 heavy (non-hydrogen) atoms. The van der Waals surface area contributed by atoms with Gasteiger partial charge in [0.2, 0.25) is 0 Å². The highest BCUT2D eigenvalue weighted by atomic mass is 35.5. The molecule has 1 saturated heterocycles. The zero-order chi connectivity index (χ0) is 17.9. The molecule has 0 aliphatic carbocycles. The Hall–Kier alpha value is -1.21. The number of nitrogens with zero attached hydrogens (tertiary/aromatic N) is 1. The Morgan fingerprint density at radius 1 is 1.07 bits per heavy atom. The van der Waals surface area contributed by atoms with Crippen molar-refractivity contribution in [3.63, 3.8) is 0 Å². The molecule has 0 saturated carbocycles. The molecule has 0 radical (unpaired) electrons. The molecule has 8 heteroatoms. The quantitative estimate of drug-likeness (QED) is 0.732. The van der Waals surface area contributed by atoms with Gasteiger partial charge in [0.1, 0.15) is 5.75 Å². The minimum absolute atomic E-state index is 0. The first kappa shape index (κ1) is 23.8. The maximum absolute atomic E-state index is 13.4. The Morgan fingerprint density at radius 3 is 2.37 bits per heavy atom. The van der Waals surface area contributed by atoms with Crippen LogP contribution in [0.25, 0.3) is 10.8 Å². The van der Waals surface area contributed by atoms with Crippen LogP contribution < -0.4 is 10.1 Å². The molecule has 0 bridgehead atoms. The van der Waals surface area contributed by atoms with Crippen molar-refractivity contribution in [2.24, 2.45) is 0 Å². The van der Waals surface area contributed by atoms with Crippen LogP contribution in [0.2, 0.25) is 0 Å². The summed E-state index contributed by atoms with van der Waals surface area (Å²) in [5.41, 5.74) is 0.652. The van der Waals surface area contributed by atoms with Gasteiger partial charge < -0.3 is 10.1 Å². The van der Waals surface area contributed by atoms with Crippen LogP contribution in [0.3, 0.4) is 0 Å². The highest BCUT2D eigenvalue weighted by Crippen LogP contribution is 2.41. The molecule has 2 aromatic carbocycles. The average Bonchev–Trinajstić information content (AvgIpc) is 2.60. The number of halogens is 5. The first-order chi connectivity index (χ1) is 12.0. The molecule has 1 N–H and O–H groups in total. The summed E-state index contributed by atoms with van der Waals surface area (Å²) in [5, 5.41) is 4.97. The van der Waals surface area contributed by atoms with E-state index in [1.54, 1.807) is 6.07 Å². The van der Waals surface area contributed by atoms with Crippen LogP contribution in [0.4, 0.5) is 13.2 Å². The van der Waals surface area contributed by atoms with E-state index in [0.717, 1.165) is 10.8 Å². The van der Waals surface area contributed by atoms with Gasteiger partial charge in [0, 0.05) is 37.8 Å². The van der Waals surface area contributed by atoms with E-state index in [-0.39, 0.29) is 24.8 Å². The Kier molecular flexibility index (Phi) is 9.15. The molecular weight excluding hydrogens is 400 g/mol. The molecule has 0 aromatic heterocycles. The molecule has 1 atom stereocenters. The average molecular weight is 425 g/mol. The lowest BCUT2D eigenvalue weighted by atomic mass is 9.93. The fraction of sp³-hybridized carbons (Fsp3) is 0.474. The molecule has 0 unspecified atom stereocenters. The van der Waals surface area contributed by atoms with E-state index in [0.29, 0.717) is 44.1 Å². The fourth-order valence-corrected chi connectivity index (χ4v) is 3.53. The van der Waals surface area contributed by atoms with Gasteiger partial charge in [0.15, 0.2) is 0 Å². The smallest absolute Gasteiger partial charge is 0.390 e. The highest BCUT2D eigenvalue weighted by Gasteiger charge is 2.38. The number of ether oxygens (including phenoxy) is 1. The molecule has 1 fully saturated rings. The van der Waals surface area contributed by atoms with Crippen molar-refractivity contribution < 1.29 is 17.9 Å². The van der Waals surface area contributed by atoms with E-state index in [1.165, 1.54) is 0 Å². The zero-order valence-electron chi connectivity index (χ0n) is 15.1. The number of piperazine rings is 1. The molecule has 152 valence electrons. The van der Waals surface area contributed by atoms with E-state index < -0.39 is 18.6 Å². The van der Waals surface area contributed by atoms with Crippen molar-refractivity contribution in [1.29, 1.82) is 0 Å². The van der Waals surface area contributed by atoms with Gasteiger partial charge in [-0.2, -0.15) is 13.2 Å². The Morgan fingerprint density at radius 2 is 1.74 bits per heavy atom. The van der Waals surface area contributed by atoms with Crippen molar-refractivity contribution in [1.82, 2.24) is 10.2 Å². The van der Waals surface area contributed by atoms with Crippen LogP contribution in [0.5, 0.6) is 5.75 Å². The second kappa shape index (κ2) is 10.4. The number of rotatable bonds is 5. The summed E-state index contributed by atoms with van der Waals surface area (Å²) in [6, 6.07) is 10.5. The highest BCUT2D eigenvalue weighted by molar-refractivity contribution is 5.88. The van der Waals surface area contributed by atoms with Crippen molar-refractivity contribution in [2.75, 3.05) is 32.8 Å². The standard InChI is InChI=1S/C19H23F3N2O.2ClH/c1-2-25-17-8-7-14-5-3-4-6-15(14)18(17)16(13-19(20,21)22)24-11-9-23-10-12-24;;/h3-8,16,23H,2,9-13H2,1H3;2*1H/t16-;;/m0../s1. The van der Waals surface area contributed by atoms with Crippen molar-refractivity contribution >= 4 is 35.6 Å². The van der Waals surface area contributed by atoms with Gasteiger partial charge >= 0.3 is 6.18 Å². The minimum atomic E-state index is -4.24. The van der Waals surface area contributed by atoms with E-state index in [1.807, 2.05) is 42.2 Å². The normalized spacial score (nSPS) is 16.3. The van der Waals surface area contributed by atoms with E-state index >= 15 is 0 Å². The second-order valence-corrected chi connectivity index (χ2v) is 6.25. The van der Waals surface area contributed by atoms with Crippen molar-refractivity contribution in [3.8, 4) is 5.75 Å². The number of alkyl halides is 3. The lowest BCUT2D eigenvalue weighted by molar-refractivity contribution is -0.148. The van der Waals surface area contributed by atoms with E-state index in [2.05, 4.69) is 5.32 Å². The summed E-state index contributed by atoms with van der Waals surface area (Å²) in [6.07, 6.45) is -5.11. The summed E-state index contributed by atoms with van der Waals surface area (Å²) in [6.45, 7) is 4.85. The minimum Gasteiger partial charge on any atom is -0.494 e. The summed E-state index contributed by atoms with van der Waals surface area (Å²) in [4.78, 5) is 1.92. The van der Waals surface area contributed by atoms with Crippen LogP contribution in [-0.2, 0) is 0 Å². The third-order valence-electron chi connectivity index (χ3n) is 4.58. The molecule has 1 aliphatic heterocycles. The molecule has 3 rings (SSSR count). The van der Waals surface area contributed by atoms with Crippen LogP contribution in [0.15, 0.2) is 36.4 Å². The topological polar surface area (TPSA) is 24.5 Å². The first-order valence-electron chi connectivity index (χ1n) is 8.65. The SMILES string of the molecule is CCOc1ccc2ccccc2c1[C@H](CC(F)(F)F)N1CCNCC1.Cl.Cl. The van der Waals surface area contributed by atoms with E-state index in [4.69, 9.17) is 4.74 Å². The summed E-state index contributed by atoms with van der Waals surface area (Å²) < 4.78 is 45.9. The monoisotopic (exact) mass is 424 g/mol. The number of nitrogens with one attached hydrogen (secondary N) is 1. The number of hydrogen-bond donors (Lipinski definition) is 1. The first-order valence-corrected chi connectivity index (χ1v) is 8.65. The molecule has 3 nitrogen and oxygen atoms in total. The van der Waals surface area contributed by atoms with Gasteiger partial charge in [0.05, 0.1) is 13.0 Å². The van der Waals surface area contributed by atoms with E-state index in [9.17, 15) is 13.2 Å². The number of fused-ring (bicyclic) bond motifs is 1. The number of hydrogen-bond acceptors (Lipinski definition) is 3. The molecule has 2 aromatic rings. The Labute approximate surface area is 170 Å². The lowest BCUT2D eigenvalue weighted by Crippen LogP contribution is -2.46. The van der Waals surface area contributed by atoms with Gasteiger partial charge in [-0.3, -0.25) is 4.90 Å². The molecule has 1 heterocycles. The summed E-state index contributed by atoms with van der Waals surface area (Å²) >= 11 is 0. The molecular formula is C19H25Cl2F3N2O. The molecule has 0 amide bonds. The lowest BCUT2D eigenvalue weighted by Gasteiger charge is -2.36. The van der Waals surface area contributed by atoms with Crippen molar-refractivity contribution in [3.05, 3.63) is 42.0 Å². The third-order valence-corrected chi connectivity index (χ3v) is 4.58. The third kappa shape index (κ3) is 5.88. The molecule has 0 spiro atoms. The Bertz CT molecular complexity index is 722. The van der Waals surface area contributed by atoms with Crippen LogP contribution in [0.1, 0.15) is 24.9 Å². The van der Waals surface area contributed by atoms with Crippen LogP contribution in [-0.4, -0.2) is 43.9 Å². The van der Waals surface area contributed by atoms with Gasteiger partial charge in [-0.1, -0.05) is 30.3 Å². The maximum Gasteiger partial charge on any atom is 0.390 e. The Balaban J connectivity index is 0.00000182. The van der Waals surface area contributed by atoms with Gasteiger partial charge in [-0.15, -0.1) is 24.8 Å². The van der Waals surface area contributed by atoms with Crippen LogP contribution >= 0.6 is 24.8 Å². The summed E-state index contributed by atoms with van der Waals surface area (Å²) in [5.74, 6) is 0.550. The van der Waals surface area contributed by atoms with Gasteiger partial charge in [0.25, 0.3) is 0 Å². The van der Waals surface area contributed by atoms with Crippen molar-refractivity contribution in [2.45, 2.75) is 25.6 Å². The van der Waals surface area contributed by atoms with Crippen LogP contribution in [0, 0.1) is 0 Å². The predicted molar refractivity (Wildman–Crippen MR) is 107 cm³/mol. The molecule has 1 aliphatic rings. The predicted octanol–water partition coefficient (Wildman–Crippen LogP) is 4.98. The fourth-order valence-electron chi connectivity index (χ4n) is 3.53. The summed E-state index contributed by atoms with van der Waals surface area (Å²) in [7, 11) is 0. The second-order valence-electron chi connectivity index (χ2n) is 6.25.